The molecule has 0 saturated heterocycles. The number of hydrogen-bond donors (Lipinski definition) is 1. The minimum atomic E-state index is 0.395. The molecule has 0 saturated carbocycles. The van der Waals surface area contributed by atoms with Gasteiger partial charge in [-0.2, -0.15) is 0 Å². The summed E-state index contributed by atoms with van der Waals surface area (Å²) in [4.78, 5) is 9.53. The van der Waals surface area contributed by atoms with Gasteiger partial charge in [-0.3, -0.25) is 0 Å². The summed E-state index contributed by atoms with van der Waals surface area (Å²) in [5, 5.41) is 3.50. The summed E-state index contributed by atoms with van der Waals surface area (Å²) in [6.45, 7) is 8.66. The van der Waals surface area contributed by atoms with Gasteiger partial charge < -0.3 is 5.32 Å². The zero-order valence-electron chi connectivity index (χ0n) is 12.1. The van der Waals surface area contributed by atoms with Crippen molar-refractivity contribution in [1.82, 2.24) is 9.97 Å². The lowest BCUT2D eigenvalue weighted by molar-refractivity contribution is 0.705. The second kappa shape index (κ2) is 5.68. The van der Waals surface area contributed by atoms with Crippen LogP contribution in [0.1, 0.15) is 70.0 Å². The highest BCUT2D eigenvalue weighted by molar-refractivity contribution is 5.48. The Morgan fingerprint density at radius 1 is 0.944 bits per heavy atom. The van der Waals surface area contributed by atoms with E-state index in [1.807, 2.05) is 0 Å². The van der Waals surface area contributed by atoms with Gasteiger partial charge in [-0.1, -0.05) is 20.3 Å². The van der Waals surface area contributed by atoms with Gasteiger partial charge in [0.25, 0.3) is 0 Å². The number of fused-ring (bicyclic) bond motifs is 1. The fourth-order valence-corrected chi connectivity index (χ4v) is 2.44. The van der Waals surface area contributed by atoms with Gasteiger partial charge >= 0.3 is 0 Å². The molecule has 1 aliphatic rings. The highest BCUT2D eigenvalue weighted by Crippen LogP contribution is 2.27. The summed E-state index contributed by atoms with van der Waals surface area (Å²) < 4.78 is 0. The maximum atomic E-state index is 4.79. The molecule has 100 valence electrons. The molecule has 0 atom stereocenters. The maximum absolute atomic E-state index is 4.79. The molecular formula is C15H25N3. The van der Waals surface area contributed by atoms with Crippen LogP contribution in [0.25, 0.3) is 0 Å². The number of aryl methyl sites for hydroxylation is 1. The predicted molar refractivity (Wildman–Crippen MR) is 76.1 cm³/mol. The molecule has 1 aromatic heterocycles. The molecule has 0 unspecified atom stereocenters. The number of nitrogens with zero attached hydrogens (tertiary/aromatic N) is 2. The molecule has 0 spiro atoms. The Labute approximate surface area is 110 Å². The van der Waals surface area contributed by atoms with Crippen LogP contribution in [0, 0.1) is 0 Å². The first-order valence-corrected chi connectivity index (χ1v) is 7.24. The van der Waals surface area contributed by atoms with Crippen molar-refractivity contribution in [2.75, 3.05) is 5.32 Å². The number of anilines is 1. The highest BCUT2D eigenvalue weighted by atomic mass is 15.1. The minimum absolute atomic E-state index is 0.395. The minimum Gasteiger partial charge on any atom is -0.368 e. The Balaban J connectivity index is 2.43. The first-order chi connectivity index (χ1) is 8.58. The molecule has 0 bridgehead atoms. The summed E-state index contributed by atoms with van der Waals surface area (Å²) >= 11 is 0. The molecule has 1 N–H and O–H groups in total. The van der Waals surface area contributed by atoms with E-state index in [4.69, 9.17) is 9.97 Å². The van der Waals surface area contributed by atoms with Gasteiger partial charge in [0, 0.05) is 23.2 Å². The monoisotopic (exact) mass is 247 g/mol. The lowest BCUT2D eigenvalue weighted by atomic mass is 10.1. The molecule has 3 heteroatoms. The fourth-order valence-electron chi connectivity index (χ4n) is 2.44. The van der Waals surface area contributed by atoms with E-state index in [0.29, 0.717) is 12.0 Å². The lowest BCUT2D eigenvalue weighted by Crippen LogP contribution is -2.16. The number of rotatable bonds is 3. The van der Waals surface area contributed by atoms with Gasteiger partial charge in [0.15, 0.2) is 0 Å². The van der Waals surface area contributed by atoms with Crippen molar-refractivity contribution in [2.24, 2.45) is 0 Å². The molecule has 0 fully saturated rings. The SMILES string of the molecule is CC(C)Nc1nc(C(C)C)nc2c1CCCCC2. The summed E-state index contributed by atoms with van der Waals surface area (Å²) in [7, 11) is 0. The zero-order chi connectivity index (χ0) is 13.1. The van der Waals surface area contributed by atoms with Crippen LogP contribution in [0.2, 0.25) is 0 Å². The summed E-state index contributed by atoms with van der Waals surface area (Å²) in [5.74, 6) is 2.46. The summed E-state index contributed by atoms with van der Waals surface area (Å²) in [5.41, 5.74) is 2.65. The van der Waals surface area contributed by atoms with Gasteiger partial charge in [-0.25, -0.2) is 9.97 Å². The Morgan fingerprint density at radius 2 is 1.67 bits per heavy atom. The Kier molecular flexibility index (Phi) is 4.20. The average molecular weight is 247 g/mol. The van der Waals surface area contributed by atoms with Gasteiger partial charge in [0.1, 0.15) is 11.6 Å². The normalized spacial score (nSPS) is 15.7. The van der Waals surface area contributed by atoms with Crippen molar-refractivity contribution < 1.29 is 0 Å². The third-order valence-corrected chi connectivity index (χ3v) is 3.39. The van der Waals surface area contributed by atoms with Crippen LogP contribution >= 0.6 is 0 Å². The van der Waals surface area contributed by atoms with Gasteiger partial charge in [0.05, 0.1) is 0 Å². The second-order valence-corrected chi connectivity index (χ2v) is 5.87. The zero-order valence-corrected chi connectivity index (χ0v) is 12.1. The second-order valence-electron chi connectivity index (χ2n) is 5.87. The molecule has 2 rings (SSSR count). The van der Waals surface area contributed by atoms with Crippen LogP contribution in [0.4, 0.5) is 5.82 Å². The smallest absolute Gasteiger partial charge is 0.133 e. The largest absolute Gasteiger partial charge is 0.368 e. The molecule has 1 heterocycles. The third kappa shape index (κ3) is 3.01. The van der Waals surface area contributed by atoms with Gasteiger partial charge in [-0.15, -0.1) is 0 Å². The maximum Gasteiger partial charge on any atom is 0.133 e. The van der Waals surface area contributed by atoms with Gasteiger partial charge in [0.2, 0.25) is 0 Å². The van der Waals surface area contributed by atoms with E-state index in [1.165, 1.54) is 30.5 Å². The molecule has 0 aromatic carbocycles. The highest BCUT2D eigenvalue weighted by Gasteiger charge is 2.18. The van der Waals surface area contributed by atoms with E-state index in [0.717, 1.165) is 24.5 Å². The predicted octanol–water partition coefficient (Wildman–Crippen LogP) is 3.69. The summed E-state index contributed by atoms with van der Waals surface area (Å²) in [6, 6.07) is 0.423. The quantitative estimate of drug-likeness (QED) is 0.828. The average Bonchev–Trinajstić information content (AvgIpc) is 2.53. The van der Waals surface area contributed by atoms with E-state index in [2.05, 4.69) is 33.0 Å². The molecule has 3 nitrogen and oxygen atoms in total. The van der Waals surface area contributed by atoms with E-state index in [1.54, 1.807) is 0 Å². The Bertz CT molecular complexity index is 410. The van der Waals surface area contributed by atoms with Crippen molar-refractivity contribution in [2.45, 2.75) is 71.8 Å². The van der Waals surface area contributed by atoms with E-state index in [-0.39, 0.29) is 0 Å². The van der Waals surface area contributed by atoms with Crippen LogP contribution < -0.4 is 5.32 Å². The third-order valence-electron chi connectivity index (χ3n) is 3.39. The summed E-state index contributed by atoms with van der Waals surface area (Å²) in [6.07, 6.45) is 6.09. The van der Waals surface area contributed by atoms with Crippen LogP contribution in [-0.4, -0.2) is 16.0 Å². The fraction of sp³-hybridized carbons (Fsp3) is 0.733. The number of nitrogens with one attached hydrogen (secondary N) is 1. The van der Waals surface area contributed by atoms with Gasteiger partial charge in [-0.05, 0) is 39.5 Å². The Hall–Kier alpha value is -1.12. The topological polar surface area (TPSA) is 37.8 Å². The lowest BCUT2D eigenvalue weighted by Gasteiger charge is -2.18. The van der Waals surface area contributed by atoms with Crippen molar-refractivity contribution >= 4 is 5.82 Å². The molecule has 0 aliphatic heterocycles. The number of aromatic nitrogens is 2. The first kappa shape index (κ1) is 13.3. The molecule has 1 aliphatic carbocycles. The molecular weight excluding hydrogens is 222 g/mol. The van der Waals surface area contributed by atoms with Crippen LogP contribution in [0.3, 0.4) is 0 Å². The van der Waals surface area contributed by atoms with Crippen molar-refractivity contribution in [3.05, 3.63) is 17.1 Å². The standard InChI is InChI=1S/C15H25N3/c1-10(2)14-17-13-9-7-5-6-8-12(13)15(18-14)16-11(3)4/h10-11H,5-9H2,1-4H3,(H,16,17,18). The molecule has 0 amide bonds. The van der Waals surface area contributed by atoms with E-state index >= 15 is 0 Å². The van der Waals surface area contributed by atoms with Crippen LogP contribution in [0.15, 0.2) is 0 Å². The van der Waals surface area contributed by atoms with Crippen LogP contribution in [0.5, 0.6) is 0 Å². The number of hydrogen-bond acceptors (Lipinski definition) is 3. The Morgan fingerprint density at radius 3 is 2.33 bits per heavy atom. The molecule has 1 aromatic rings. The molecule has 18 heavy (non-hydrogen) atoms. The van der Waals surface area contributed by atoms with Crippen molar-refractivity contribution in [1.29, 1.82) is 0 Å². The first-order valence-electron chi connectivity index (χ1n) is 7.24. The van der Waals surface area contributed by atoms with Crippen LogP contribution in [-0.2, 0) is 12.8 Å². The van der Waals surface area contributed by atoms with Crippen molar-refractivity contribution in [3.63, 3.8) is 0 Å². The van der Waals surface area contributed by atoms with E-state index in [9.17, 15) is 0 Å². The van der Waals surface area contributed by atoms with Crippen molar-refractivity contribution in [3.8, 4) is 0 Å². The van der Waals surface area contributed by atoms with E-state index < -0.39 is 0 Å². The molecule has 0 radical (unpaired) electrons.